The molecule has 0 spiro atoms. The van der Waals surface area contributed by atoms with Gasteiger partial charge in [0, 0.05) is 9.85 Å². The maximum atomic E-state index is 11.9. The maximum absolute atomic E-state index is 11.9. The summed E-state index contributed by atoms with van der Waals surface area (Å²) in [4.78, 5) is 26.8. The van der Waals surface area contributed by atoms with Crippen LogP contribution in [0.4, 0.5) is 10.8 Å². The number of carbonyl (C=O) groups excluding carboxylic acids is 1. The van der Waals surface area contributed by atoms with Gasteiger partial charge in [-0.3, -0.25) is 4.79 Å². The fourth-order valence-electron chi connectivity index (χ4n) is 1.40. The quantitative estimate of drug-likeness (QED) is 0.795. The Hall–Kier alpha value is -1.93. The van der Waals surface area contributed by atoms with Gasteiger partial charge >= 0.3 is 5.97 Å². The van der Waals surface area contributed by atoms with Gasteiger partial charge in [-0.25, -0.2) is 9.78 Å². The zero-order valence-corrected chi connectivity index (χ0v) is 11.8. The highest BCUT2D eigenvalue weighted by Crippen LogP contribution is 2.27. The Kier molecular flexibility index (Phi) is 3.82. The van der Waals surface area contributed by atoms with Crippen LogP contribution in [-0.4, -0.2) is 22.0 Å². The highest BCUT2D eigenvalue weighted by Gasteiger charge is 2.17. The normalized spacial score (nSPS) is 10.2. The van der Waals surface area contributed by atoms with E-state index in [4.69, 9.17) is 10.8 Å². The molecule has 0 bridgehead atoms. The van der Waals surface area contributed by atoms with Crippen LogP contribution in [0.3, 0.4) is 0 Å². The van der Waals surface area contributed by atoms with Crippen LogP contribution >= 0.6 is 27.3 Å². The van der Waals surface area contributed by atoms with E-state index in [9.17, 15) is 9.59 Å². The third-order valence-corrected chi connectivity index (χ3v) is 3.57. The molecular formula is C11H8BrN3O3S. The summed E-state index contributed by atoms with van der Waals surface area (Å²) in [5, 5.41) is 13.4. The van der Waals surface area contributed by atoms with Gasteiger partial charge in [-0.15, -0.1) is 11.3 Å². The molecule has 6 nitrogen and oxygen atoms in total. The minimum atomic E-state index is -1.13. The topological polar surface area (TPSA) is 105 Å². The van der Waals surface area contributed by atoms with Gasteiger partial charge in [0.25, 0.3) is 5.91 Å². The lowest BCUT2D eigenvalue weighted by molar-refractivity contribution is 0.0698. The van der Waals surface area contributed by atoms with Crippen molar-refractivity contribution < 1.29 is 14.7 Å². The molecule has 2 rings (SSSR count). The van der Waals surface area contributed by atoms with Crippen molar-refractivity contribution in [2.45, 2.75) is 0 Å². The molecule has 8 heteroatoms. The number of carboxylic acids is 1. The number of aromatic carboxylic acids is 1. The SMILES string of the molecule is Nc1nc(C(=O)Nc2c(Br)cccc2C(=O)O)cs1. The second-order valence-electron chi connectivity index (χ2n) is 3.49. The Labute approximate surface area is 120 Å². The molecule has 0 aliphatic rings. The van der Waals surface area contributed by atoms with E-state index in [0.717, 1.165) is 11.3 Å². The van der Waals surface area contributed by atoms with Crippen LogP contribution in [0.25, 0.3) is 0 Å². The van der Waals surface area contributed by atoms with Crippen LogP contribution in [-0.2, 0) is 0 Å². The number of hydrogen-bond acceptors (Lipinski definition) is 5. The van der Waals surface area contributed by atoms with Crippen molar-refractivity contribution in [2.24, 2.45) is 0 Å². The molecule has 1 aromatic heterocycles. The maximum Gasteiger partial charge on any atom is 0.337 e. The number of thiazole rings is 1. The Morgan fingerprint density at radius 3 is 2.74 bits per heavy atom. The largest absolute Gasteiger partial charge is 0.478 e. The number of benzene rings is 1. The van der Waals surface area contributed by atoms with Crippen molar-refractivity contribution in [1.82, 2.24) is 4.98 Å². The average Bonchev–Trinajstić information content (AvgIpc) is 2.78. The Morgan fingerprint density at radius 1 is 1.42 bits per heavy atom. The molecule has 0 radical (unpaired) electrons. The number of para-hydroxylation sites is 1. The molecule has 2 aromatic rings. The molecule has 0 saturated carbocycles. The fourth-order valence-corrected chi connectivity index (χ4v) is 2.41. The first kappa shape index (κ1) is 13.5. The number of nitrogens with zero attached hydrogens (tertiary/aromatic N) is 1. The van der Waals surface area contributed by atoms with E-state index in [1.54, 1.807) is 12.1 Å². The minimum absolute atomic E-state index is 0.00840. The number of carboxylic acid groups (broad SMARTS) is 1. The predicted octanol–water partition coefficient (Wildman–Crippen LogP) is 2.44. The van der Waals surface area contributed by atoms with Crippen LogP contribution in [0.2, 0.25) is 0 Å². The number of halogens is 1. The fraction of sp³-hybridized carbons (Fsp3) is 0. The molecule has 4 N–H and O–H groups in total. The Balaban J connectivity index is 2.33. The molecule has 1 heterocycles. The number of carbonyl (C=O) groups is 2. The summed E-state index contributed by atoms with van der Waals surface area (Å²) in [5.41, 5.74) is 5.77. The summed E-state index contributed by atoms with van der Waals surface area (Å²) < 4.78 is 0.476. The van der Waals surface area contributed by atoms with Crippen LogP contribution in [0.15, 0.2) is 28.1 Å². The lowest BCUT2D eigenvalue weighted by atomic mass is 10.2. The molecule has 19 heavy (non-hydrogen) atoms. The minimum Gasteiger partial charge on any atom is -0.478 e. The number of nitrogens with two attached hydrogens (primary N) is 1. The molecular weight excluding hydrogens is 334 g/mol. The number of nitrogen functional groups attached to an aromatic ring is 1. The molecule has 1 amide bonds. The van der Waals surface area contributed by atoms with E-state index < -0.39 is 11.9 Å². The summed E-state index contributed by atoms with van der Waals surface area (Å²) in [6, 6.07) is 4.61. The van der Waals surface area contributed by atoms with Crippen molar-refractivity contribution in [1.29, 1.82) is 0 Å². The highest BCUT2D eigenvalue weighted by atomic mass is 79.9. The first-order valence-corrected chi connectivity index (χ1v) is 6.70. The standard InChI is InChI=1S/C11H8BrN3O3S/c12-6-3-1-2-5(10(17)18)8(6)15-9(16)7-4-19-11(13)14-7/h1-4H,(H2,13,14)(H,15,16)(H,17,18). The highest BCUT2D eigenvalue weighted by molar-refractivity contribution is 9.10. The van der Waals surface area contributed by atoms with Crippen molar-refractivity contribution in [3.8, 4) is 0 Å². The average molecular weight is 342 g/mol. The van der Waals surface area contributed by atoms with E-state index in [1.165, 1.54) is 11.4 Å². The molecule has 0 aliphatic heterocycles. The first-order valence-electron chi connectivity index (χ1n) is 5.03. The summed E-state index contributed by atoms with van der Waals surface area (Å²) in [6.45, 7) is 0. The molecule has 0 saturated heterocycles. The van der Waals surface area contributed by atoms with Gasteiger partial charge in [-0.2, -0.15) is 0 Å². The van der Waals surface area contributed by atoms with Gasteiger partial charge < -0.3 is 16.2 Å². The Bertz CT molecular complexity index is 656. The molecule has 0 aliphatic carbocycles. The molecule has 0 atom stereocenters. The van der Waals surface area contributed by atoms with Crippen molar-refractivity contribution >= 4 is 50.0 Å². The lowest BCUT2D eigenvalue weighted by Crippen LogP contribution is -2.15. The Morgan fingerprint density at radius 2 is 2.16 bits per heavy atom. The number of rotatable bonds is 3. The molecule has 1 aromatic carbocycles. The monoisotopic (exact) mass is 341 g/mol. The third kappa shape index (κ3) is 2.91. The third-order valence-electron chi connectivity index (χ3n) is 2.24. The van der Waals surface area contributed by atoms with Crippen LogP contribution in [0.5, 0.6) is 0 Å². The van der Waals surface area contributed by atoms with Crippen molar-refractivity contribution in [2.75, 3.05) is 11.1 Å². The van der Waals surface area contributed by atoms with Crippen LogP contribution in [0.1, 0.15) is 20.8 Å². The van der Waals surface area contributed by atoms with Crippen LogP contribution in [0, 0.1) is 0 Å². The van der Waals surface area contributed by atoms with E-state index >= 15 is 0 Å². The van der Waals surface area contributed by atoms with Crippen molar-refractivity contribution in [3.05, 3.63) is 39.3 Å². The van der Waals surface area contributed by atoms with Gasteiger partial charge in [0.05, 0.1) is 11.3 Å². The van der Waals surface area contributed by atoms with Gasteiger partial charge in [0.2, 0.25) is 0 Å². The molecule has 0 fully saturated rings. The lowest BCUT2D eigenvalue weighted by Gasteiger charge is -2.09. The molecule has 98 valence electrons. The summed E-state index contributed by atoms with van der Waals surface area (Å²) in [6.07, 6.45) is 0. The number of hydrogen-bond donors (Lipinski definition) is 3. The van der Waals surface area contributed by atoms with E-state index in [0.29, 0.717) is 4.47 Å². The van der Waals surface area contributed by atoms with E-state index in [1.807, 2.05) is 0 Å². The number of anilines is 2. The zero-order valence-electron chi connectivity index (χ0n) is 9.38. The van der Waals surface area contributed by atoms with Gasteiger partial charge in [-0.1, -0.05) is 6.07 Å². The smallest absolute Gasteiger partial charge is 0.337 e. The van der Waals surface area contributed by atoms with Gasteiger partial charge in [0.1, 0.15) is 5.69 Å². The summed E-state index contributed by atoms with van der Waals surface area (Å²) in [7, 11) is 0. The number of aromatic nitrogens is 1. The zero-order chi connectivity index (χ0) is 14.0. The second kappa shape index (κ2) is 5.37. The van der Waals surface area contributed by atoms with E-state index in [2.05, 4.69) is 26.2 Å². The van der Waals surface area contributed by atoms with Crippen LogP contribution < -0.4 is 11.1 Å². The second-order valence-corrected chi connectivity index (χ2v) is 5.24. The van der Waals surface area contributed by atoms with Gasteiger partial charge in [0.15, 0.2) is 5.13 Å². The number of nitrogens with one attached hydrogen (secondary N) is 1. The summed E-state index contributed by atoms with van der Waals surface area (Å²) in [5.74, 6) is -1.64. The van der Waals surface area contributed by atoms with Crippen molar-refractivity contribution in [3.63, 3.8) is 0 Å². The van der Waals surface area contributed by atoms with Gasteiger partial charge in [-0.05, 0) is 28.1 Å². The number of amides is 1. The predicted molar refractivity (Wildman–Crippen MR) is 75.6 cm³/mol. The summed E-state index contributed by atoms with van der Waals surface area (Å²) >= 11 is 4.34. The first-order chi connectivity index (χ1) is 8.99. The molecule has 0 unspecified atom stereocenters. The van der Waals surface area contributed by atoms with E-state index in [-0.39, 0.29) is 22.1 Å².